The van der Waals surface area contributed by atoms with E-state index in [2.05, 4.69) is 20.8 Å². The van der Waals surface area contributed by atoms with Gasteiger partial charge in [-0.1, -0.05) is 52.9 Å². The standard InChI is InChI=1S/C12H24O/c1-4-5-6-11(2)7-8-12(3)9-10-13/h10-12H,4-9H2,1-3H3. The lowest BCUT2D eigenvalue weighted by Crippen LogP contribution is -2.01. The van der Waals surface area contributed by atoms with Crippen LogP contribution in [0.2, 0.25) is 0 Å². The maximum Gasteiger partial charge on any atom is 0.120 e. The Hall–Kier alpha value is -0.330. The lowest BCUT2D eigenvalue weighted by molar-refractivity contribution is -0.108. The van der Waals surface area contributed by atoms with Gasteiger partial charge in [0.05, 0.1) is 0 Å². The van der Waals surface area contributed by atoms with Crippen LogP contribution < -0.4 is 0 Å². The van der Waals surface area contributed by atoms with Crippen LogP contribution in [0.15, 0.2) is 0 Å². The van der Waals surface area contributed by atoms with Gasteiger partial charge in [0.2, 0.25) is 0 Å². The molecule has 0 spiro atoms. The quantitative estimate of drug-likeness (QED) is 0.524. The molecule has 0 bridgehead atoms. The predicted octanol–water partition coefficient (Wildman–Crippen LogP) is 3.82. The summed E-state index contributed by atoms with van der Waals surface area (Å²) in [6.45, 7) is 6.73. The Kier molecular flexibility index (Phi) is 8.07. The summed E-state index contributed by atoms with van der Waals surface area (Å²) < 4.78 is 0. The third-order valence-corrected chi connectivity index (χ3v) is 2.70. The smallest absolute Gasteiger partial charge is 0.120 e. The summed E-state index contributed by atoms with van der Waals surface area (Å²) in [5, 5.41) is 0. The maximum absolute atomic E-state index is 10.2. The van der Waals surface area contributed by atoms with E-state index in [-0.39, 0.29) is 0 Å². The normalized spacial score (nSPS) is 15.3. The Morgan fingerprint density at radius 3 is 2.23 bits per heavy atom. The Balaban J connectivity index is 3.33. The highest BCUT2D eigenvalue weighted by molar-refractivity contribution is 5.49. The van der Waals surface area contributed by atoms with Crippen molar-refractivity contribution >= 4 is 6.29 Å². The van der Waals surface area contributed by atoms with Crippen LogP contribution in [-0.2, 0) is 4.79 Å². The molecule has 0 aromatic carbocycles. The first-order valence-corrected chi connectivity index (χ1v) is 5.64. The first-order chi connectivity index (χ1) is 6.20. The van der Waals surface area contributed by atoms with Gasteiger partial charge in [-0.15, -0.1) is 0 Å². The summed E-state index contributed by atoms with van der Waals surface area (Å²) in [6, 6.07) is 0. The molecule has 1 heteroatoms. The summed E-state index contributed by atoms with van der Waals surface area (Å²) in [5.41, 5.74) is 0. The fraction of sp³-hybridized carbons (Fsp3) is 0.917. The van der Waals surface area contributed by atoms with Crippen LogP contribution >= 0.6 is 0 Å². The van der Waals surface area contributed by atoms with E-state index in [4.69, 9.17) is 0 Å². The van der Waals surface area contributed by atoms with Crippen LogP contribution in [0.1, 0.15) is 59.3 Å². The first-order valence-electron chi connectivity index (χ1n) is 5.64. The third-order valence-electron chi connectivity index (χ3n) is 2.70. The van der Waals surface area contributed by atoms with Crippen LogP contribution in [0, 0.1) is 11.8 Å². The largest absolute Gasteiger partial charge is 0.303 e. The van der Waals surface area contributed by atoms with Crippen LogP contribution in [0.5, 0.6) is 0 Å². The minimum atomic E-state index is 0.585. The Morgan fingerprint density at radius 2 is 1.69 bits per heavy atom. The van der Waals surface area contributed by atoms with Crippen LogP contribution in [0.3, 0.4) is 0 Å². The van der Waals surface area contributed by atoms with E-state index in [1.165, 1.54) is 32.1 Å². The van der Waals surface area contributed by atoms with Crippen molar-refractivity contribution in [3.8, 4) is 0 Å². The second-order valence-electron chi connectivity index (χ2n) is 4.33. The van der Waals surface area contributed by atoms with Crippen molar-refractivity contribution < 1.29 is 4.79 Å². The molecule has 2 unspecified atom stereocenters. The molecule has 0 amide bonds. The monoisotopic (exact) mass is 184 g/mol. The van der Waals surface area contributed by atoms with E-state index in [0.29, 0.717) is 5.92 Å². The minimum absolute atomic E-state index is 0.585. The topological polar surface area (TPSA) is 17.1 Å². The van der Waals surface area contributed by atoms with E-state index in [1.54, 1.807) is 0 Å². The molecular weight excluding hydrogens is 160 g/mol. The molecule has 2 atom stereocenters. The fourth-order valence-corrected chi connectivity index (χ4v) is 1.55. The maximum atomic E-state index is 10.2. The number of aldehydes is 1. The molecule has 0 rings (SSSR count). The second kappa shape index (κ2) is 8.28. The number of unbranched alkanes of at least 4 members (excludes halogenated alkanes) is 1. The molecule has 0 saturated heterocycles. The highest BCUT2D eigenvalue weighted by Gasteiger charge is 2.05. The van der Waals surface area contributed by atoms with Crippen molar-refractivity contribution in [3.63, 3.8) is 0 Å². The molecule has 0 saturated carbocycles. The van der Waals surface area contributed by atoms with Gasteiger partial charge >= 0.3 is 0 Å². The molecule has 78 valence electrons. The summed E-state index contributed by atoms with van der Waals surface area (Å²) in [6.07, 6.45) is 8.28. The molecule has 0 aromatic rings. The van der Waals surface area contributed by atoms with Crippen molar-refractivity contribution in [1.82, 2.24) is 0 Å². The number of carbonyl (C=O) groups excluding carboxylic acids is 1. The Morgan fingerprint density at radius 1 is 1.08 bits per heavy atom. The van der Waals surface area contributed by atoms with Crippen molar-refractivity contribution in [2.45, 2.75) is 59.3 Å². The zero-order valence-electron chi connectivity index (χ0n) is 9.38. The van der Waals surface area contributed by atoms with Gasteiger partial charge in [0.25, 0.3) is 0 Å². The number of carbonyl (C=O) groups is 1. The van der Waals surface area contributed by atoms with E-state index in [1.807, 2.05) is 0 Å². The number of rotatable bonds is 8. The van der Waals surface area contributed by atoms with Gasteiger partial charge in [-0.05, 0) is 11.8 Å². The summed E-state index contributed by atoms with van der Waals surface area (Å²) in [7, 11) is 0. The highest BCUT2D eigenvalue weighted by Crippen LogP contribution is 2.18. The van der Waals surface area contributed by atoms with E-state index < -0.39 is 0 Å². The third kappa shape index (κ3) is 8.01. The van der Waals surface area contributed by atoms with E-state index in [0.717, 1.165) is 18.6 Å². The molecule has 0 heterocycles. The zero-order chi connectivity index (χ0) is 10.1. The van der Waals surface area contributed by atoms with Crippen molar-refractivity contribution in [1.29, 1.82) is 0 Å². The van der Waals surface area contributed by atoms with Gasteiger partial charge in [0.15, 0.2) is 0 Å². The molecule has 0 aliphatic rings. The van der Waals surface area contributed by atoms with E-state index in [9.17, 15) is 4.79 Å². The minimum Gasteiger partial charge on any atom is -0.303 e. The van der Waals surface area contributed by atoms with Crippen LogP contribution in [0.4, 0.5) is 0 Å². The molecule has 0 N–H and O–H groups in total. The van der Waals surface area contributed by atoms with Gasteiger partial charge in [-0.25, -0.2) is 0 Å². The van der Waals surface area contributed by atoms with E-state index >= 15 is 0 Å². The van der Waals surface area contributed by atoms with Gasteiger partial charge < -0.3 is 4.79 Å². The van der Waals surface area contributed by atoms with Crippen LogP contribution in [-0.4, -0.2) is 6.29 Å². The van der Waals surface area contributed by atoms with Crippen LogP contribution in [0.25, 0.3) is 0 Å². The molecule has 0 radical (unpaired) electrons. The highest BCUT2D eigenvalue weighted by atomic mass is 16.1. The fourth-order valence-electron chi connectivity index (χ4n) is 1.55. The molecule has 0 fully saturated rings. The van der Waals surface area contributed by atoms with Gasteiger partial charge in [-0.2, -0.15) is 0 Å². The Labute approximate surface area is 82.9 Å². The average molecular weight is 184 g/mol. The summed E-state index contributed by atoms with van der Waals surface area (Å²) in [4.78, 5) is 10.2. The lowest BCUT2D eigenvalue weighted by Gasteiger charge is -2.13. The van der Waals surface area contributed by atoms with Gasteiger partial charge in [0, 0.05) is 6.42 Å². The van der Waals surface area contributed by atoms with Crippen molar-refractivity contribution in [2.24, 2.45) is 11.8 Å². The average Bonchev–Trinajstić information content (AvgIpc) is 2.12. The Bertz CT molecular complexity index is 120. The van der Waals surface area contributed by atoms with Gasteiger partial charge in [-0.3, -0.25) is 0 Å². The molecule has 0 aliphatic heterocycles. The SMILES string of the molecule is CCCCC(C)CCC(C)CC=O. The summed E-state index contributed by atoms with van der Waals surface area (Å²) >= 11 is 0. The lowest BCUT2D eigenvalue weighted by atomic mass is 9.93. The molecular formula is C12H24O. The van der Waals surface area contributed by atoms with Crippen molar-refractivity contribution in [2.75, 3.05) is 0 Å². The number of hydrogen-bond acceptors (Lipinski definition) is 1. The molecule has 1 nitrogen and oxygen atoms in total. The summed E-state index contributed by atoms with van der Waals surface area (Å²) in [5.74, 6) is 1.43. The number of hydrogen-bond donors (Lipinski definition) is 0. The second-order valence-corrected chi connectivity index (χ2v) is 4.33. The molecule has 13 heavy (non-hydrogen) atoms. The first kappa shape index (κ1) is 12.7. The van der Waals surface area contributed by atoms with Gasteiger partial charge in [0.1, 0.15) is 6.29 Å². The molecule has 0 aliphatic carbocycles. The molecule has 0 aromatic heterocycles. The van der Waals surface area contributed by atoms with Crippen molar-refractivity contribution in [3.05, 3.63) is 0 Å². The predicted molar refractivity (Wildman–Crippen MR) is 57.8 cm³/mol. The zero-order valence-corrected chi connectivity index (χ0v) is 9.38.